The fraction of sp³-hybridized carbons (Fsp3) is 0.200. The number of nitro groups is 1. The second kappa shape index (κ2) is 10.7. The van der Waals surface area contributed by atoms with Crippen LogP contribution < -0.4 is 10.2 Å². The minimum atomic E-state index is -0.653. The molecule has 33 heavy (non-hydrogen) atoms. The summed E-state index contributed by atoms with van der Waals surface area (Å²) < 4.78 is 0. The lowest BCUT2D eigenvalue weighted by molar-refractivity contribution is -0.384. The summed E-state index contributed by atoms with van der Waals surface area (Å²) in [4.78, 5) is 38.4. The summed E-state index contributed by atoms with van der Waals surface area (Å²) in [6.07, 6.45) is 0.367. The predicted octanol–water partition coefficient (Wildman–Crippen LogP) is 5.38. The Bertz CT molecular complexity index is 1150. The Morgan fingerprint density at radius 3 is 2.27 bits per heavy atom. The number of ketones is 1. The Morgan fingerprint density at radius 2 is 1.70 bits per heavy atom. The normalized spacial score (nSPS) is 11.5. The van der Waals surface area contributed by atoms with E-state index in [0.717, 1.165) is 11.3 Å². The number of anilines is 2. The summed E-state index contributed by atoms with van der Waals surface area (Å²) in [7, 11) is 3.83. The molecular weight excluding hydrogens is 442 g/mol. The molecule has 0 aliphatic carbocycles. The summed E-state index contributed by atoms with van der Waals surface area (Å²) in [5.74, 6) is -1.18. The van der Waals surface area contributed by atoms with Gasteiger partial charge in [-0.05, 0) is 42.3 Å². The van der Waals surface area contributed by atoms with Crippen LogP contribution in [0.3, 0.4) is 0 Å². The van der Waals surface area contributed by atoms with Crippen LogP contribution in [-0.2, 0) is 11.2 Å². The molecule has 0 bridgehead atoms. The number of carbonyl (C=O) groups is 2. The predicted molar refractivity (Wildman–Crippen MR) is 130 cm³/mol. The van der Waals surface area contributed by atoms with Crippen molar-refractivity contribution in [2.45, 2.75) is 12.8 Å². The molecule has 3 rings (SSSR count). The second-order valence-corrected chi connectivity index (χ2v) is 8.27. The molecule has 0 saturated heterocycles. The number of hydrogen-bond donors (Lipinski definition) is 1. The average Bonchev–Trinajstić information content (AvgIpc) is 2.80. The van der Waals surface area contributed by atoms with Gasteiger partial charge in [-0.1, -0.05) is 41.9 Å². The molecule has 170 valence electrons. The maximum atomic E-state index is 13.1. The molecule has 0 unspecified atom stereocenters. The molecule has 0 saturated carbocycles. The third-order valence-corrected chi connectivity index (χ3v) is 5.57. The number of nitrogens with zero attached hydrogens (tertiary/aromatic N) is 2. The smallest absolute Gasteiger partial charge is 0.271 e. The third-order valence-electron chi connectivity index (χ3n) is 5.25. The molecule has 8 heteroatoms. The molecule has 1 atom stereocenters. The van der Waals surface area contributed by atoms with Gasteiger partial charge in [-0.15, -0.1) is 0 Å². The molecule has 0 aromatic heterocycles. The van der Waals surface area contributed by atoms with Crippen molar-refractivity contribution in [2.75, 3.05) is 24.3 Å². The SMILES string of the molecule is CN(C)c1ccc(C(=O)C[C@H](Cc2ccccc2)C(=O)Nc2ccc([N+](=O)[O-])cc2Cl)cc1. The van der Waals surface area contributed by atoms with E-state index >= 15 is 0 Å². The quantitative estimate of drug-likeness (QED) is 0.260. The van der Waals surface area contributed by atoms with E-state index in [4.69, 9.17) is 11.6 Å². The van der Waals surface area contributed by atoms with Crippen molar-refractivity contribution in [1.29, 1.82) is 0 Å². The first-order valence-corrected chi connectivity index (χ1v) is 10.7. The number of halogens is 1. The van der Waals surface area contributed by atoms with Gasteiger partial charge in [-0.3, -0.25) is 19.7 Å². The average molecular weight is 466 g/mol. The maximum absolute atomic E-state index is 13.1. The third kappa shape index (κ3) is 6.40. The van der Waals surface area contributed by atoms with Crippen molar-refractivity contribution >= 4 is 40.4 Å². The highest BCUT2D eigenvalue weighted by atomic mass is 35.5. The maximum Gasteiger partial charge on any atom is 0.271 e. The lowest BCUT2D eigenvalue weighted by Gasteiger charge is -2.18. The van der Waals surface area contributed by atoms with Crippen molar-refractivity contribution in [2.24, 2.45) is 5.92 Å². The summed E-state index contributed by atoms with van der Waals surface area (Å²) in [5, 5.41) is 13.7. The number of carbonyl (C=O) groups excluding carboxylic acids is 2. The highest BCUT2D eigenvalue weighted by Crippen LogP contribution is 2.28. The fourth-order valence-corrected chi connectivity index (χ4v) is 3.62. The number of non-ortho nitro benzene ring substituents is 1. The van der Waals surface area contributed by atoms with E-state index in [2.05, 4.69) is 5.32 Å². The molecule has 0 heterocycles. The lowest BCUT2D eigenvalue weighted by Crippen LogP contribution is -2.27. The Balaban J connectivity index is 1.80. The first-order chi connectivity index (χ1) is 15.7. The highest BCUT2D eigenvalue weighted by Gasteiger charge is 2.24. The molecule has 0 radical (unpaired) electrons. The van der Waals surface area contributed by atoms with E-state index in [-0.39, 0.29) is 34.5 Å². The molecule has 7 nitrogen and oxygen atoms in total. The van der Waals surface area contributed by atoms with Crippen molar-refractivity contribution in [1.82, 2.24) is 0 Å². The van der Waals surface area contributed by atoms with Gasteiger partial charge in [0.1, 0.15) is 0 Å². The van der Waals surface area contributed by atoms with Gasteiger partial charge in [0.2, 0.25) is 5.91 Å². The first kappa shape index (κ1) is 23.9. The van der Waals surface area contributed by atoms with Crippen LogP contribution in [0, 0.1) is 16.0 Å². The summed E-state index contributed by atoms with van der Waals surface area (Å²) in [6.45, 7) is 0. The molecule has 3 aromatic carbocycles. The summed E-state index contributed by atoms with van der Waals surface area (Å²) in [6, 6.07) is 20.5. The highest BCUT2D eigenvalue weighted by molar-refractivity contribution is 6.34. The van der Waals surface area contributed by atoms with Crippen molar-refractivity contribution in [3.63, 3.8) is 0 Å². The Labute approximate surface area is 197 Å². The van der Waals surface area contributed by atoms with Crippen LogP contribution in [0.2, 0.25) is 5.02 Å². The zero-order chi connectivity index (χ0) is 24.0. The number of Topliss-reactive ketones (excluding diaryl/α,β-unsaturated/α-hetero) is 1. The van der Waals surface area contributed by atoms with E-state index in [1.54, 1.807) is 12.1 Å². The standard InChI is InChI=1S/C25H24ClN3O4/c1-28(2)20-10-8-18(9-11-20)24(30)15-19(14-17-6-4-3-5-7-17)25(31)27-23-13-12-21(29(32)33)16-22(23)26/h3-13,16,19H,14-15H2,1-2H3,(H,27,31)/t19-/m0/s1. The van der Waals surface area contributed by atoms with E-state index in [9.17, 15) is 19.7 Å². The van der Waals surface area contributed by atoms with E-state index in [1.165, 1.54) is 18.2 Å². The molecule has 1 amide bonds. The van der Waals surface area contributed by atoms with Crippen LogP contribution in [0.5, 0.6) is 0 Å². The van der Waals surface area contributed by atoms with Gasteiger partial charge < -0.3 is 10.2 Å². The first-order valence-electron chi connectivity index (χ1n) is 10.3. The minimum absolute atomic E-state index is 0.00659. The number of rotatable bonds is 9. The van der Waals surface area contributed by atoms with Crippen LogP contribution in [-0.4, -0.2) is 30.7 Å². The van der Waals surface area contributed by atoms with Gasteiger partial charge in [-0.2, -0.15) is 0 Å². The number of amides is 1. The van der Waals surface area contributed by atoms with E-state index in [1.807, 2.05) is 61.5 Å². The molecule has 0 spiro atoms. The summed E-state index contributed by atoms with van der Waals surface area (Å²) in [5.41, 5.74) is 2.50. The van der Waals surface area contributed by atoms with E-state index < -0.39 is 10.8 Å². The molecule has 0 aliphatic rings. The van der Waals surface area contributed by atoms with Gasteiger partial charge >= 0.3 is 0 Å². The minimum Gasteiger partial charge on any atom is -0.378 e. The molecule has 0 aliphatic heterocycles. The number of hydrogen-bond acceptors (Lipinski definition) is 5. The van der Waals surface area contributed by atoms with Crippen molar-refractivity contribution in [3.05, 3.63) is 99.1 Å². The van der Waals surface area contributed by atoms with Crippen LogP contribution in [0.4, 0.5) is 17.1 Å². The molecule has 3 aromatic rings. The van der Waals surface area contributed by atoms with Gasteiger partial charge in [-0.25, -0.2) is 0 Å². The van der Waals surface area contributed by atoms with Crippen LogP contribution in [0.1, 0.15) is 22.3 Å². The topological polar surface area (TPSA) is 92.6 Å². The monoisotopic (exact) mass is 465 g/mol. The Hall–Kier alpha value is -3.71. The number of benzene rings is 3. The van der Waals surface area contributed by atoms with E-state index in [0.29, 0.717) is 12.0 Å². The number of nitro benzene ring substituents is 1. The molecule has 0 fully saturated rings. The van der Waals surface area contributed by atoms with Crippen molar-refractivity contribution in [3.8, 4) is 0 Å². The molecule has 1 N–H and O–H groups in total. The van der Waals surface area contributed by atoms with Crippen LogP contribution in [0.25, 0.3) is 0 Å². The molecular formula is C25H24ClN3O4. The van der Waals surface area contributed by atoms with Crippen LogP contribution >= 0.6 is 11.6 Å². The zero-order valence-electron chi connectivity index (χ0n) is 18.3. The fourth-order valence-electron chi connectivity index (χ4n) is 3.40. The van der Waals surface area contributed by atoms with Gasteiger partial charge in [0.05, 0.1) is 15.6 Å². The van der Waals surface area contributed by atoms with Crippen LogP contribution in [0.15, 0.2) is 72.8 Å². The zero-order valence-corrected chi connectivity index (χ0v) is 19.1. The Morgan fingerprint density at radius 1 is 1.03 bits per heavy atom. The lowest BCUT2D eigenvalue weighted by atomic mass is 9.91. The second-order valence-electron chi connectivity index (χ2n) is 7.87. The Kier molecular flexibility index (Phi) is 7.79. The van der Waals surface area contributed by atoms with Gasteiger partial charge in [0.15, 0.2) is 5.78 Å². The van der Waals surface area contributed by atoms with Gasteiger partial charge in [0.25, 0.3) is 5.69 Å². The summed E-state index contributed by atoms with van der Waals surface area (Å²) >= 11 is 6.13. The van der Waals surface area contributed by atoms with Gasteiger partial charge in [0, 0.05) is 49.8 Å². The van der Waals surface area contributed by atoms with Crippen molar-refractivity contribution < 1.29 is 14.5 Å². The largest absolute Gasteiger partial charge is 0.378 e. The number of nitrogens with one attached hydrogen (secondary N) is 1.